The summed E-state index contributed by atoms with van der Waals surface area (Å²) in [6.07, 6.45) is 0.731. The lowest BCUT2D eigenvalue weighted by atomic mass is 10.1. The van der Waals surface area contributed by atoms with Gasteiger partial charge in [-0.3, -0.25) is 4.79 Å². The van der Waals surface area contributed by atoms with Crippen LogP contribution in [-0.4, -0.2) is 37.4 Å². The Morgan fingerprint density at radius 3 is 2.89 bits per heavy atom. The van der Waals surface area contributed by atoms with Crippen molar-refractivity contribution in [3.05, 3.63) is 33.8 Å². The number of hydrogen-bond acceptors (Lipinski definition) is 3. The van der Waals surface area contributed by atoms with Crippen LogP contribution in [0.1, 0.15) is 22.3 Å². The summed E-state index contributed by atoms with van der Waals surface area (Å²) in [6.45, 7) is 3.45. The van der Waals surface area contributed by atoms with Crippen LogP contribution in [-0.2, 0) is 4.74 Å². The third kappa shape index (κ3) is 5.16. The lowest BCUT2D eigenvalue weighted by Gasteiger charge is -2.07. The van der Waals surface area contributed by atoms with Crippen LogP contribution in [0.25, 0.3) is 0 Å². The van der Waals surface area contributed by atoms with Gasteiger partial charge in [0.25, 0.3) is 5.91 Å². The largest absolute Gasteiger partial charge is 0.394 e. The number of aliphatic hydroxyl groups is 1. The molecule has 0 aliphatic rings. The SMILES string of the molecule is Cc1ccc(C(=O)NCCCOCCO)c(Br)c1. The van der Waals surface area contributed by atoms with Crippen LogP contribution in [0.5, 0.6) is 0 Å². The second kappa shape index (κ2) is 8.24. The van der Waals surface area contributed by atoms with Crippen LogP contribution >= 0.6 is 15.9 Å². The number of aryl methyl sites for hydroxylation is 1. The molecule has 0 fully saturated rings. The number of carbonyl (C=O) groups excluding carboxylic acids is 1. The Morgan fingerprint density at radius 2 is 2.22 bits per heavy atom. The topological polar surface area (TPSA) is 58.6 Å². The van der Waals surface area contributed by atoms with Crippen molar-refractivity contribution in [2.75, 3.05) is 26.4 Å². The molecule has 0 radical (unpaired) electrons. The van der Waals surface area contributed by atoms with Crippen molar-refractivity contribution in [3.63, 3.8) is 0 Å². The van der Waals surface area contributed by atoms with E-state index >= 15 is 0 Å². The van der Waals surface area contributed by atoms with E-state index in [0.29, 0.717) is 25.3 Å². The van der Waals surface area contributed by atoms with Gasteiger partial charge in [-0.25, -0.2) is 0 Å². The van der Waals surface area contributed by atoms with Gasteiger partial charge in [0.2, 0.25) is 0 Å². The smallest absolute Gasteiger partial charge is 0.252 e. The Balaban J connectivity index is 2.32. The van der Waals surface area contributed by atoms with Crippen LogP contribution in [0, 0.1) is 6.92 Å². The summed E-state index contributed by atoms with van der Waals surface area (Å²) in [4.78, 5) is 11.8. The first-order valence-electron chi connectivity index (χ1n) is 5.88. The van der Waals surface area contributed by atoms with Crippen molar-refractivity contribution in [1.82, 2.24) is 5.32 Å². The highest BCUT2D eigenvalue weighted by atomic mass is 79.9. The minimum absolute atomic E-state index is 0.0304. The Kier molecular flexibility index (Phi) is 6.93. The fourth-order valence-electron chi connectivity index (χ4n) is 1.44. The molecule has 0 aromatic heterocycles. The molecule has 0 bridgehead atoms. The van der Waals surface area contributed by atoms with Crippen molar-refractivity contribution in [3.8, 4) is 0 Å². The quantitative estimate of drug-likeness (QED) is 0.755. The Hall–Kier alpha value is -0.910. The first kappa shape index (κ1) is 15.1. The number of carbonyl (C=O) groups is 1. The Morgan fingerprint density at radius 1 is 1.44 bits per heavy atom. The summed E-state index contributed by atoms with van der Waals surface area (Å²) >= 11 is 3.38. The fraction of sp³-hybridized carbons (Fsp3) is 0.462. The third-order valence-corrected chi connectivity index (χ3v) is 3.01. The lowest BCUT2D eigenvalue weighted by Crippen LogP contribution is -2.25. The summed E-state index contributed by atoms with van der Waals surface area (Å²) in [7, 11) is 0. The molecule has 0 atom stereocenters. The number of halogens is 1. The molecule has 2 N–H and O–H groups in total. The minimum atomic E-state index is -0.0935. The van der Waals surface area contributed by atoms with Crippen LogP contribution in [0.4, 0.5) is 0 Å². The molecule has 0 aliphatic carbocycles. The predicted octanol–water partition coefficient (Wildman–Crippen LogP) is 1.89. The van der Waals surface area contributed by atoms with E-state index < -0.39 is 0 Å². The maximum atomic E-state index is 11.8. The molecule has 1 rings (SSSR count). The van der Waals surface area contributed by atoms with Crippen molar-refractivity contribution in [2.24, 2.45) is 0 Å². The zero-order valence-corrected chi connectivity index (χ0v) is 12.0. The first-order valence-corrected chi connectivity index (χ1v) is 6.67. The Labute approximate surface area is 115 Å². The van der Waals surface area contributed by atoms with E-state index in [0.717, 1.165) is 16.5 Å². The second-order valence-corrected chi connectivity index (χ2v) is 4.78. The van der Waals surface area contributed by atoms with Gasteiger partial charge >= 0.3 is 0 Å². The average Bonchev–Trinajstić information content (AvgIpc) is 2.33. The summed E-state index contributed by atoms with van der Waals surface area (Å²) in [6, 6.07) is 5.63. The van der Waals surface area contributed by atoms with Gasteiger partial charge in [-0.2, -0.15) is 0 Å². The average molecular weight is 316 g/mol. The highest BCUT2D eigenvalue weighted by Crippen LogP contribution is 2.18. The Bertz CT molecular complexity index is 396. The molecule has 1 aromatic rings. The predicted molar refractivity (Wildman–Crippen MR) is 73.7 cm³/mol. The number of benzene rings is 1. The van der Waals surface area contributed by atoms with Crippen LogP contribution in [0.15, 0.2) is 22.7 Å². The molecule has 0 heterocycles. The van der Waals surface area contributed by atoms with E-state index in [9.17, 15) is 4.79 Å². The van der Waals surface area contributed by atoms with Crippen LogP contribution < -0.4 is 5.32 Å². The summed E-state index contributed by atoms with van der Waals surface area (Å²) in [5.74, 6) is -0.0935. The normalized spacial score (nSPS) is 10.4. The van der Waals surface area contributed by atoms with Gasteiger partial charge in [-0.1, -0.05) is 6.07 Å². The first-order chi connectivity index (χ1) is 8.65. The summed E-state index contributed by atoms with van der Waals surface area (Å²) in [5.41, 5.74) is 1.74. The fourth-order valence-corrected chi connectivity index (χ4v) is 2.12. The van der Waals surface area contributed by atoms with Crippen molar-refractivity contribution < 1.29 is 14.6 Å². The van der Waals surface area contributed by atoms with Crippen LogP contribution in [0.3, 0.4) is 0 Å². The molecule has 1 aromatic carbocycles. The van der Waals surface area contributed by atoms with Crippen LogP contribution in [0.2, 0.25) is 0 Å². The van der Waals surface area contributed by atoms with Crippen molar-refractivity contribution in [1.29, 1.82) is 0 Å². The second-order valence-electron chi connectivity index (χ2n) is 3.93. The van der Waals surface area contributed by atoms with E-state index in [2.05, 4.69) is 21.2 Å². The number of rotatable bonds is 7. The van der Waals surface area contributed by atoms with E-state index in [1.165, 1.54) is 0 Å². The molecular formula is C13H18BrNO3. The van der Waals surface area contributed by atoms with Gasteiger partial charge in [0.05, 0.1) is 18.8 Å². The maximum absolute atomic E-state index is 11.8. The molecule has 100 valence electrons. The van der Waals surface area contributed by atoms with Gasteiger partial charge in [0.15, 0.2) is 0 Å². The van der Waals surface area contributed by atoms with Gasteiger partial charge in [0.1, 0.15) is 0 Å². The number of nitrogens with one attached hydrogen (secondary N) is 1. The number of aliphatic hydroxyl groups excluding tert-OH is 1. The highest BCUT2D eigenvalue weighted by molar-refractivity contribution is 9.10. The van der Waals surface area contributed by atoms with Gasteiger partial charge < -0.3 is 15.2 Å². The standard InChI is InChI=1S/C13H18BrNO3/c1-10-3-4-11(12(14)9-10)13(17)15-5-2-7-18-8-6-16/h3-4,9,16H,2,5-8H2,1H3,(H,15,17). The monoisotopic (exact) mass is 315 g/mol. The zero-order valence-electron chi connectivity index (χ0n) is 10.4. The highest BCUT2D eigenvalue weighted by Gasteiger charge is 2.08. The molecule has 18 heavy (non-hydrogen) atoms. The van der Waals surface area contributed by atoms with Gasteiger partial charge in [0, 0.05) is 17.6 Å². The number of hydrogen-bond donors (Lipinski definition) is 2. The lowest BCUT2D eigenvalue weighted by molar-refractivity contribution is 0.0867. The minimum Gasteiger partial charge on any atom is -0.394 e. The van der Waals surface area contributed by atoms with Gasteiger partial charge in [-0.05, 0) is 47.0 Å². The molecule has 0 unspecified atom stereocenters. The molecule has 0 saturated carbocycles. The van der Waals surface area contributed by atoms with E-state index in [1.54, 1.807) is 6.07 Å². The molecule has 1 amide bonds. The third-order valence-electron chi connectivity index (χ3n) is 2.36. The number of amides is 1. The summed E-state index contributed by atoms with van der Waals surface area (Å²) in [5, 5.41) is 11.3. The number of ether oxygens (including phenoxy) is 1. The van der Waals surface area contributed by atoms with Crippen molar-refractivity contribution in [2.45, 2.75) is 13.3 Å². The maximum Gasteiger partial charge on any atom is 0.252 e. The zero-order chi connectivity index (χ0) is 13.4. The molecule has 5 heteroatoms. The molecular weight excluding hydrogens is 298 g/mol. The van der Waals surface area contributed by atoms with Crippen molar-refractivity contribution >= 4 is 21.8 Å². The molecule has 4 nitrogen and oxygen atoms in total. The van der Waals surface area contributed by atoms with Gasteiger partial charge in [-0.15, -0.1) is 0 Å². The molecule has 0 spiro atoms. The van der Waals surface area contributed by atoms with E-state index in [-0.39, 0.29) is 12.5 Å². The summed E-state index contributed by atoms with van der Waals surface area (Å²) < 4.78 is 5.90. The van der Waals surface area contributed by atoms with E-state index in [4.69, 9.17) is 9.84 Å². The van der Waals surface area contributed by atoms with E-state index in [1.807, 2.05) is 19.1 Å². The molecule has 0 saturated heterocycles. The molecule has 0 aliphatic heterocycles.